The summed E-state index contributed by atoms with van der Waals surface area (Å²) in [5.41, 5.74) is 3.82. The lowest BCUT2D eigenvalue weighted by Crippen LogP contribution is -2.47. The molecule has 0 saturated carbocycles. The number of thiophene rings is 1. The molecule has 3 aromatic rings. The molecule has 2 heterocycles. The summed E-state index contributed by atoms with van der Waals surface area (Å²) in [7, 11) is 0. The number of hydrogen-bond acceptors (Lipinski definition) is 3. The molecule has 0 aliphatic carbocycles. The van der Waals surface area contributed by atoms with E-state index in [1.54, 1.807) is 28.4 Å². The lowest BCUT2D eigenvalue weighted by Gasteiger charge is -2.37. The van der Waals surface area contributed by atoms with E-state index in [9.17, 15) is 14.0 Å². The molecule has 184 valence electrons. The minimum Gasteiger partial charge on any atom is -0.330 e. The molecule has 6 heteroatoms. The molecule has 2 aromatic carbocycles. The van der Waals surface area contributed by atoms with Crippen molar-refractivity contribution in [2.75, 3.05) is 19.6 Å². The van der Waals surface area contributed by atoms with Gasteiger partial charge >= 0.3 is 0 Å². The molecule has 0 bridgehead atoms. The Bertz CT molecular complexity index is 1140. The molecule has 4 rings (SSSR count). The van der Waals surface area contributed by atoms with Gasteiger partial charge in [0.1, 0.15) is 12.4 Å². The predicted molar refractivity (Wildman–Crippen MR) is 139 cm³/mol. The largest absolute Gasteiger partial charge is 0.330 e. The zero-order valence-electron chi connectivity index (χ0n) is 20.5. The van der Waals surface area contributed by atoms with Gasteiger partial charge in [-0.25, -0.2) is 4.39 Å². The molecule has 0 spiro atoms. The summed E-state index contributed by atoms with van der Waals surface area (Å²) in [4.78, 5) is 31.7. The van der Waals surface area contributed by atoms with Gasteiger partial charge in [0.05, 0.1) is 6.04 Å². The standard InChI is InChI=1S/C29H33FN2O2S/c1-3-5-6-21-7-9-23(10-8-21)29(34)31(17-4-2)20-27(33)32-18-15-26-25(16-19-35-26)28(32)22-11-13-24(30)14-12-22/h7-14,16,19,28H,3-6,15,17-18,20H2,1-2H3. The highest BCUT2D eigenvalue weighted by Gasteiger charge is 2.34. The zero-order chi connectivity index (χ0) is 24.8. The Morgan fingerprint density at radius 2 is 1.77 bits per heavy atom. The number of rotatable bonds is 9. The Morgan fingerprint density at radius 1 is 1.03 bits per heavy atom. The molecule has 1 aliphatic heterocycles. The summed E-state index contributed by atoms with van der Waals surface area (Å²) in [6, 6.07) is 16.0. The molecule has 0 saturated heterocycles. The third-order valence-corrected chi connectivity index (χ3v) is 7.60. The van der Waals surface area contributed by atoms with Gasteiger partial charge in [0.15, 0.2) is 0 Å². The first-order chi connectivity index (χ1) is 17.0. The van der Waals surface area contributed by atoms with Gasteiger partial charge in [-0.15, -0.1) is 11.3 Å². The van der Waals surface area contributed by atoms with Crippen molar-refractivity contribution in [3.63, 3.8) is 0 Å². The molecule has 0 fully saturated rings. The Morgan fingerprint density at radius 3 is 2.46 bits per heavy atom. The van der Waals surface area contributed by atoms with Gasteiger partial charge in [0.25, 0.3) is 5.91 Å². The first-order valence-electron chi connectivity index (χ1n) is 12.5. The van der Waals surface area contributed by atoms with Crippen molar-refractivity contribution < 1.29 is 14.0 Å². The summed E-state index contributed by atoms with van der Waals surface area (Å²) < 4.78 is 13.6. The van der Waals surface area contributed by atoms with E-state index < -0.39 is 0 Å². The Kier molecular flexibility index (Phi) is 8.34. The molecule has 1 aliphatic rings. The van der Waals surface area contributed by atoms with Crippen LogP contribution in [0.2, 0.25) is 0 Å². The zero-order valence-corrected chi connectivity index (χ0v) is 21.3. The van der Waals surface area contributed by atoms with Crippen molar-refractivity contribution in [3.8, 4) is 0 Å². The number of benzene rings is 2. The summed E-state index contributed by atoms with van der Waals surface area (Å²) >= 11 is 1.69. The Hall–Kier alpha value is -2.99. The predicted octanol–water partition coefficient (Wildman–Crippen LogP) is 6.26. The number of carbonyl (C=O) groups excluding carboxylic acids is 2. The summed E-state index contributed by atoms with van der Waals surface area (Å²) in [6.07, 6.45) is 4.82. The number of halogens is 1. The Labute approximate surface area is 211 Å². The fraction of sp³-hybridized carbons (Fsp3) is 0.379. The van der Waals surface area contributed by atoms with Gasteiger partial charge in [-0.1, -0.05) is 44.5 Å². The third kappa shape index (κ3) is 5.81. The van der Waals surface area contributed by atoms with E-state index in [1.165, 1.54) is 22.6 Å². The van der Waals surface area contributed by atoms with E-state index in [1.807, 2.05) is 41.5 Å². The van der Waals surface area contributed by atoms with Crippen molar-refractivity contribution in [1.29, 1.82) is 0 Å². The second kappa shape index (κ2) is 11.6. The average Bonchev–Trinajstić information content (AvgIpc) is 3.36. The van der Waals surface area contributed by atoms with E-state index in [4.69, 9.17) is 0 Å². The van der Waals surface area contributed by atoms with Crippen LogP contribution in [0.1, 0.15) is 71.1 Å². The van der Waals surface area contributed by atoms with Crippen LogP contribution in [-0.4, -0.2) is 41.2 Å². The van der Waals surface area contributed by atoms with Crippen LogP contribution in [0.25, 0.3) is 0 Å². The summed E-state index contributed by atoms with van der Waals surface area (Å²) in [6.45, 7) is 5.30. The molecule has 0 N–H and O–H groups in total. The molecule has 2 amide bonds. The maximum Gasteiger partial charge on any atom is 0.254 e. The monoisotopic (exact) mass is 492 g/mol. The minimum absolute atomic E-state index is 0.0292. The van der Waals surface area contributed by atoms with E-state index in [2.05, 4.69) is 13.0 Å². The van der Waals surface area contributed by atoms with Gasteiger partial charge < -0.3 is 9.80 Å². The van der Waals surface area contributed by atoms with E-state index in [-0.39, 0.29) is 30.2 Å². The Balaban J connectivity index is 1.54. The van der Waals surface area contributed by atoms with Gasteiger partial charge in [-0.3, -0.25) is 9.59 Å². The molecule has 4 nitrogen and oxygen atoms in total. The number of aryl methyl sites for hydroxylation is 1. The van der Waals surface area contributed by atoms with E-state index in [0.29, 0.717) is 18.7 Å². The highest BCUT2D eigenvalue weighted by atomic mass is 32.1. The SMILES string of the molecule is CCCCc1ccc(C(=O)N(CCC)CC(=O)N2CCc3sccc3C2c2ccc(F)cc2)cc1. The van der Waals surface area contributed by atoms with E-state index in [0.717, 1.165) is 43.2 Å². The average molecular weight is 493 g/mol. The molecular formula is C29H33FN2O2S. The van der Waals surface area contributed by atoms with Crippen LogP contribution in [0.15, 0.2) is 60.0 Å². The summed E-state index contributed by atoms with van der Waals surface area (Å²) in [5, 5.41) is 2.05. The normalized spacial score (nSPS) is 15.1. The highest BCUT2D eigenvalue weighted by molar-refractivity contribution is 7.10. The number of nitrogens with zero attached hydrogens (tertiary/aromatic N) is 2. The fourth-order valence-corrected chi connectivity index (χ4v) is 5.65. The second-order valence-corrected chi connectivity index (χ2v) is 10.1. The smallest absolute Gasteiger partial charge is 0.254 e. The molecule has 1 aromatic heterocycles. The van der Waals surface area contributed by atoms with Crippen molar-refractivity contribution in [1.82, 2.24) is 9.80 Å². The molecule has 1 unspecified atom stereocenters. The van der Waals surface area contributed by atoms with Crippen molar-refractivity contribution in [2.24, 2.45) is 0 Å². The van der Waals surface area contributed by atoms with Crippen molar-refractivity contribution in [2.45, 2.75) is 52.0 Å². The van der Waals surface area contributed by atoms with Gasteiger partial charge in [0.2, 0.25) is 5.91 Å². The number of unbranched alkanes of at least 4 members (excludes halogenated alkanes) is 1. The first kappa shape index (κ1) is 25.1. The number of amides is 2. The first-order valence-corrected chi connectivity index (χ1v) is 13.4. The maximum absolute atomic E-state index is 13.6. The summed E-state index contributed by atoms with van der Waals surface area (Å²) in [5.74, 6) is -0.500. The van der Waals surface area contributed by atoms with Gasteiger partial charge in [-0.05, 0) is 78.1 Å². The molecule has 1 atom stereocenters. The lowest BCUT2D eigenvalue weighted by molar-refractivity contribution is -0.134. The van der Waals surface area contributed by atoms with Crippen LogP contribution < -0.4 is 0 Å². The number of carbonyl (C=O) groups is 2. The van der Waals surface area contributed by atoms with Crippen molar-refractivity contribution in [3.05, 3.63) is 92.9 Å². The fourth-order valence-electron chi connectivity index (χ4n) is 4.74. The second-order valence-electron chi connectivity index (χ2n) is 9.12. The van der Waals surface area contributed by atoms with Crippen LogP contribution in [0.4, 0.5) is 4.39 Å². The maximum atomic E-state index is 13.6. The van der Waals surface area contributed by atoms with E-state index >= 15 is 0 Å². The lowest BCUT2D eigenvalue weighted by atomic mass is 9.93. The van der Waals surface area contributed by atoms with Crippen LogP contribution in [0.5, 0.6) is 0 Å². The third-order valence-electron chi connectivity index (χ3n) is 6.60. The van der Waals surface area contributed by atoms with Crippen molar-refractivity contribution >= 4 is 23.2 Å². The topological polar surface area (TPSA) is 40.6 Å². The minimum atomic E-state index is -0.298. The van der Waals surface area contributed by atoms with Gasteiger partial charge in [0, 0.05) is 23.5 Å². The van der Waals surface area contributed by atoms with Crippen LogP contribution >= 0.6 is 11.3 Å². The van der Waals surface area contributed by atoms with Gasteiger partial charge in [-0.2, -0.15) is 0 Å². The van der Waals surface area contributed by atoms with Crippen LogP contribution in [0, 0.1) is 5.82 Å². The highest BCUT2D eigenvalue weighted by Crippen LogP contribution is 2.38. The molecule has 0 radical (unpaired) electrons. The molecular weight excluding hydrogens is 459 g/mol. The van der Waals surface area contributed by atoms with Crippen LogP contribution in [0.3, 0.4) is 0 Å². The number of hydrogen-bond donors (Lipinski definition) is 0. The van der Waals surface area contributed by atoms with Crippen LogP contribution in [-0.2, 0) is 17.6 Å². The number of fused-ring (bicyclic) bond motifs is 1. The molecule has 35 heavy (non-hydrogen) atoms. The quantitative estimate of drug-likeness (QED) is 0.354.